The van der Waals surface area contributed by atoms with Gasteiger partial charge in [0, 0.05) is 65.2 Å². The first-order valence-corrected chi connectivity index (χ1v) is 15.2. The summed E-state index contributed by atoms with van der Waals surface area (Å²) in [6.07, 6.45) is 0.684. The molecule has 4 aromatic rings. The quantitative estimate of drug-likeness (QED) is 0.294. The largest absolute Gasteiger partial charge is 0.486 e. The van der Waals surface area contributed by atoms with Crippen molar-refractivity contribution in [2.75, 3.05) is 41.8 Å². The second-order valence-corrected chi connectivity index (χ2v) is 12.0. The lowest BCUT2D eigenvalue weighted by atomic mass is 9.83. The van der Waals surface area contributed by atoms with Crippen LogP contribution in [0.1, 0.15) is 34.0 Å². The molecule has 1 fully saturated rings. The number of hydrogen-bond donors (Lipinski definition) is 2. The number of carbonyl (C=O) groups is 2. The summed E-state index contributed by atoms with van der Waals surface area (Å²) in [5.74, 6) is 0.108. The van der Waals surface area contributed by atoms with Crippen LogP contribution in [0, 0.1) is 11.7 Å². The molecule has 2 bridgehead atoms. The number of ether oxygens (including phenoxy) is 2. The molecule has 0 radical (unpaired) electrons. The van der Waals surface area contributed by atoms with Gasteiger partial charge in [0.15, 0.2) is 11.5 Å². The van der Waals surface area contributed by atoms with Crippen molar-refractivity contribution in [2.45, 2.75) is 25.3 Å². The van der Waals surface area contributed by atoms with Crippen molar-refractivity contribution in [2.24, 2.45) is 5.92 Å². The fourth-order valence-corrected chi connectivity index (χ4v) is 6.76. The molecule has 1 saturated heterocycles. The molecule has 11 heteroatoms. The summed E-state index contributed by atoms with van der Waals surface area (Å²) < 4.78 is 27.6. The predicted molar refractivity (Wildman–Crippen MR) is 169 cm³/mol. The number of rotatable bonds is 6. The summed E-state index contributed by atoms with van der Waals surface area (Å²) in [6, 6.07) is 20.0. The highest BCUT2D eigenvalue weighted by Crippen LogP contribution is 2.40. The highest BCUT2D eigenvalue weighted by molar-refractivity contribution is 6.31. The Morgan fingerprint density at radius 2 is 1.73 bits per heavy atom. The SMILES string of the molecule is O=C(Cc1c(F)cccc1Cl)Nc1cc(C(=O)Nc2ccc3c(c2)OCCO3)ccc1N1CC2CC(C1)c1cccc(=O)n1C2. The molecule has 45 heavy (non-hydrogen) atoms. The molecule has 7 rings (SSSR count). The van der Waals surface area contributed by atoms with Crippen LogP contribution < -0.4 is 30.6 Å². The zero-order valence-electron chi connectivity index (χ0n) is 24.2. The van der Waals surface area contributed by atoms with Gasteiger partial charge in [-0.1, -0.05) is 23.7 Å². The lowest BCUT2D eigenvalue weighted by Crippen LogP contribution is -2.47. The molecule has 2 unspecified atom stereocenters. The van der Waals surface area contributed by atoms with E-state index in [1.54, 1.807) is 42.5 Å². The maximum Gasteiger partial charge on any atom is 0.255 e. The summed E-state index contributed by atoms with van der Waals surface area (Å²) in [6.45, 7) is 2.80. The van der Waals surface area contributed by atoms with Crippen LogP contribution in [0.5, 0.6) is 11.5 Å². The monoisotopic (exact) mass is 628 g/mol. The highest BCUT2D eigenvalue weighted by atomic mass is 35.5. The van der Waals surface area contributed by atoms with E-state index in [4.69, 9.17) is 21.1 Å². The van der Waals surface area contributed by atoms with Gasteiger partial charge in [-0.15, -0.1) is 0 Å². The van der Waals surface area contributed by atoms with Gasteiger partial charge in [0.25, 0.3) is 11.5 Å². The van der Waals surface area contributed by atoms with Crippen LogP contribution in [0.2, 0.25) is 5.02 Å². The Labute approximate surface area is 263 Å². The molecule has 9 nitrogen and oxygen atoms in total. The molecule has 3 aliphatic heterocycles. The first-order chi connectivity index (χ1) is 21.8. The van der Waals surface area contributed by atoms with Gasteiger partial charge < -0.3 is 29.6 Å². The molecule has 3 aliphatic rings. The topological polar surface area (TPSA) is 102 Å². The summed E-state index contributed by atoms with van der Waals surface area (Å²) in [5.41, 5.74) is 3.11. The normalized spacial score (nSPS) is 18.1. The molecule has 230 valence electrons. The fraction of sp³-hybridized carbons (Fsp3) is 0.265. The lowest BCUT2D eigenvalue weighted by Gasteiger charge is -2.44. The van der Waals surface area contributed by atoms with E-state index in [0.29, 0.717) is 61.3 Å². The number of amides is 2. The third kappa shape index (κ3) is 5.85. The minimum atomic E-state index is -0.566. The van der Waals surface area contributed by atoms with Gasteiger partial charge in [-0.25, -0.2) is 4.39 Å². The Hall–Kier alpha value is -4.83. The van der Waals surface area contributed by atoms with E-state index in [0.717, 1.165) is 17.8 Å². The first-order valence-electron chi connectivity index (χ1n) is 14.8. The number of benzene rings is 3. The molecule has 1 aromatic heterocycles. The van der Waals surface area contributed by atoms with Crippen molar-refractivity contribution in [3.8, 4) is 11.5 Å². The maximum atomic E-state index is 14.5. The highest BCUT2D eigenvalue weighted by Gasteiger charge is 2.35. The number of anilines is 3. The zero-order valence-corrected chi connectivity index (χ0v) is 25.0. The first kappa shape index (κ1) is 28.9. The van der Waals surface area contributed by atoms with Gasteiger partial charge in [-0.3, -0.25) is 14.4 Å². The molecule has 2 amide bonds. The average molecular weight is 629 g/mol. The van der Waals surface area contributed by atoms with E-state index in [9.17, 15) is 18.8 Å². The molecule has 2 atom stereocenters. The smallest absolute Gasteiger partial charge is 0.255 e. The third-order valence-electron chi connectivity index (χ3n) is 8.55. The standard InChI is InChI=1S/C34H30ClFN4O5/c35-25-3-1-4-26(36)24(25)16-32(41)38-27-14-21(34(43)37-23-8-10-30-31(15-23)45-12-11-44-30)7-9-29(27)39-17-20-13-22(19-39)28-5-2-6-33(42)40(28)18-20/h1-10,14-15,20,22H,11-13,16-19H2,(H,37,43)(H,38,41). The van der Waals surface area contributed by atoms with Crippen LogP contribution in [-0.2, 0) is 17.8 Å². The number of carbonyl (C=O) groups excluding carboxylic acids is 2. The number of fused-ring (bicyclic) bond motifs is 5. The number of hydrogen-bond acceptors (Lipinski definition) is 6. The van der Waals surface area contributed by atoms with Crippen LogP contribution in [-0.4, -0.2) is 42.7 Å². The summed E-state index contributed by atoms with van der Waals surface area (Å²) >= 11 is 6.20. The van der Waals surface area contributed by atoms with E-state index in [1.165, 1.54) is 18.2 Å². The van der Waals surface area contributed by atoms with Gasteiger partial charge >= 0.3 is 0 Å². The second kappa shape index (κ2) is 11.9. The van der Waals surface area contributed by atoms with Crippen molar-refractivity contribution in [1.29, 1.82) is 0 Å². The minimum absolute atomic E-state index is 0.00351. The Kier molecular flexibility index (Phi) is 7.66. The van der Waals surface area contributed by atoms with Crippen LogP contribution in [0.25, 0.3) is 0 Å². The minimum Gasteiger partial charge on any atom is -0.486 e. The van der Waals surface area contributed by atoms with Crippen LogP contribution in [0.15, 0.2) is 77.6 Å². The van der Waals surface area contributed by atoms with E-state index in [2.05, 4.69) is 15.5 Å². The molecule has 0 aliphatic carbocycles. The van der Waals surface area contributed by atoms with Crippen LogP contribution in [0.4, 0.5) is 21.5 Å². The predicted octanol–water partition coefficient (Wildman–Crippen LogP) is 5.47. The number of nitrogens with one attached hydrogen (secondary N) is 2. The number of halogens is 2. The van der Waals surface area contributed by atoms with Crippen molar-refractivity contribution < 1.29 is 23.5 Å². The molecular formula is C34H30ClFN4O5. The Morgan fingerprint density at radius 3 is 2.58 bits per heavy atom. The van der Waals surface area contributed by atoms with Gasteiger partial charge in [0.2, 0.25) is 5.91 Å². The molecule has 0 saturated carbocycles. The van der Waals surface area contributed by atoms with Crippen LogP contribution in [0.3, 0.4) is 0 Å². The Morgan fingerprint density at radius 1 is 0.911 bits per heavy atom. The van der Waals surface area contributed by atoms with Crippen LogP contribution >= 0.6 is 11.6 Å². The fourth-order valence-electron chi connectivity index (χ4n) is 6.53. The number of pyridine rings is 1. The van der Waals surface area contributed by atoms with Crippen molar-refractivity contribution in [3.63, 3.8) is 0 Å². The Balaban J connectivity index is 1.18. The average Bonchev–Trinajstić information content (AvgIpc) is 3.03. The lowest BCUT2D eigenvalue weighted by molar-refractivity contribution is -0.115. The van der Waals surface area contributed by atoms with E-state index in [1.807, 2.05) is 16.7 Å². The second-order valence-electron chi connectivity index (χ2n) is 11.6. The van der Waals surface area contributed by atoms with Crippen molar-refractivity contribution >= 4 is 40.5 Å². The zero-order chi connectivity index (χ0) is 31.1. The van der Waals surface area contributed by atoms with Crippen molar-refractivity contribution in [1.82, 2.24) is 4.57 Å². The van der Waals surface area contributed by atoms with Gasteiger partial charge in [-0.2, -0.15) is 0 Å². The van der Waals surface area contributed by atoms with Gasteiger partial charge in [0.1, 0.15) is 19.0 Å². The Bertz CT molecular complexity index is 1860. The maximum absolute atomic E-state index is 14.5. The summed E-state index contributed by atoms with van der Waals surface area (Å²) in [4.78, 5) is 41.4. The van der Waals surface area contributed by atoms with E-state index < -0.39 is 11.7 Å². The van der Waals surface area contributed by atoms with E-state index >= 15 is 0 Å². The number of piperidine rings is 1. The van der Waals surface area contributed by atoms with Gasteiger partial charge in [0.05, 0.1) is 17.8 Å². The summed E-state index contributed by atoms with van der Waals surface area (Å²) in [5, 5.41) is 5.98. The van der Waals surface area contributed by atoms with Crippen molar-refractivity contribution in [3.05, 3.63) is 111 Å². The molecule has 0 spiro atoms. The molecule has 4 heterocycles. The summed E-state index contributed by atoms with van der Waals surface area (Å²) in [7, 11) is 0. The van der Waals surface area contributed by atoms with Gasteiger partial charge in [-0.05, 0) is 60.9 Å². The third-order valence-corrected chi connectivity index (χ3v) is 8.91. The van der Waals surface area contributed by atoms with E-state index in [-0.39, 0.29) is 40.3 Å². The number of aromatic nitrogens is 1. The number of nitrogens with zero attached hydrogens (tertiary/aromatic N) is 2. The molecule has 3 aromatic carbocycles. The molecular weight excluding hydrogens is 599 g/mol. The molecule has 2 N–H and O–H groups in total.